The Morgan fingerprint density at radius 1 is 1.24 bits per heavy atom. The fraction of sp³-hybridized carbons (Fsp3) is 0.300. The number of benzene rings is 1. The molecule has 2 amide bonds. The Kier molecular flexibility index (Phi) is 6.71. The molecule has 0 spiro atoms. The van der Waals surface area contributed by atoms with E-state index in [0.29, 0.717) is 29.1 Å². The van der Waals surface area contributed by atoms with Crippen LogP contribution in [0.3, 0.4) is 0 Å². The van der Waals surface area contributed by atoms with Gasteiger partial charge in [0.25, 0.3) is 5.91 Å². The average molecular weight is 436 g/mol. The number of amides is 2. The van der Waals surface area contributed by atoms with E-state index in [2.05, 4.69) is 10.3 Å². The zero-order valence-corrected chi connectivity index (χ0v) is 17.2. The molecule has 1 aromatic heterocycles. The van der Waals surface area contributed by atoms with Gasteiger partial charge in [-0.1, -0.05) is 35.3 Å². The highest BCUT2D eigenvalue weighted by atomic mass is 35.5. The second-order valence-electron chi connectivity index (χ2n) is 6.63. The van der Waals surface area contributed by atoms with Gasteiger partial charge in [-0.05, 0) is 36.6 Å². The number of anilines is 1. The first-order valence-corrected chi connectivity index (χ1v) is 9.75. The molecule has 1 fully saturated rings. The number of nitrogens with one attached hydrogen (secondary N) is 1. The van der Waals surface area contributed by atoms with Crippen LogP contribution in [0.1, 0.15) is 34.3 Å². The van der Waals surface area contributed by atoms with Crippen molar-refractivity contribution in [3.63, 3.8) is 0 Å². The lowest BCUT2D eigenvalue weighted by atomic mass is 10.1. The van der Waals surface area contributed by atoms with Crippen LogP contribution < -0.4 is 5.32 Å². The van der Waals surface area contributed by atoms with Crippen LogP contribution in [0.5, 0.6) is 0 Å². The molecule has 0 unspecified atom stereocenters. The molecule has 0 bridgehead atoms. The van der Waals surface area contributed by atoms with E-state index in [0.717, 1.165) is 18.5 Å². The molecule has 0 saturated carbocycles. The molecule has 1 N–H and O–H groups in total. The van der Waals surface area contributed by atoms with Gasteiger partial charge in [-0.2, -0.15) is 0 Å². The van der Waals surface area contributed by atoms with Crippen LogP contribution in [0, 0.1) is 6.92 Å². The summed E-state index contributed by atoms with van der Waals surface area (Å²) in [6, 6.07) is 6.75. The third kappa shape index (κ3) is 5.25. The van der Waals surface area contributed by atoms with E-state index >= 15 is 0 Å². The van der Waals surface area contributed by atoms with Crippen molar-refractivity contribution in [1.82, 2.24) is 9.88 Å². The Balaban J connectivity index is 1.52. The number of carbonyl (C=O) groups is 3. The maximum Gasteiger partial charge on any atom is 0.338 e. The van der Waals surface area contributed by atoms with E-state index in [1.165, 1.54) is 6.20 Å². The molecule has 29 heavy (non-hydrogen) atoms. The first kappa shape index (κ1) is 21.1. The van der Waals surface area contributed by atoms with Gasteiger partial charge in [0.2, 0.25) is 5.91 Å². The molecular weight excluding hydrogens is 417 g/mol. The number of hydrogen-bond donors (Lipinski definition) is 1. The third-order valence-corrected chi connectivity index (χ3v) is 5.37. The van der Waals surface area contributed by atoms with E-state index in [1.54, 1.807) is 36.1 Å². The first-order valence-electron chi connectivity index (χ1n) is 8.99. The predicted molar refractivity (Wildman–Crippen MR) is 109 cm³/mol. The zero-order valence-electron chi connectivity index (χ0n) is 15.7. The molecule has 9 heteroatoms. The summed E-state index contributed by atoms with van der Waals surface area (Å²) >= 11 is 12.0. The minimum atomic E-state index is -0.629. The SMILES string of the molecule is Cc1c(Cl)cnc(NC(=O)COC(=O)c2ccc(CN3CCCC3=O)cc2)c1Cl. The van der Waals surface area contributed by atoms with Gasteiger partial charge in [0.15, 0.2) is 12.4 Å². The second kappa shape index (κ2) is 9.24. The molecule has 0 atom stereocenters. The molecule has 1 saturated heterocycles. The fourth-order valence-corrected chi connectivity index (χ4v) is 3.25. The van der Waals surface area contributed by atoms with Crippen LogP contribution in [-0.4, -0.2) is 40.8 Å². The van der Waals surface area contributed by atoms with Crippen molar-refractivity contribution in [3.05, 3.63) is 57.2 Å². The first-order chi connectivity index (χ1) is 13.8. The van der Waals surface area contributed by atoms with E-state index in [9.17, 15) is 14.4 Å². The zero-order chi connectivity index (χ0) is 21.0. The van der Waals surface area contributed by atoms with Gasteiger partial charge in [-0.15, -0.1) is 0 Å². The number of halogens is 2. The van der Waals surface area contributed by atoms with Crippen LogP contribution in [0.2, 0.25) is 10.0 Å². The number of aromatic nitrogens is 1. The van der Waals surface area contributed by atoms with Gasteiger partial charge >= 0.3 is 5.97 Å². The maximum absolute atomic E-state index is 12.1. The lowest BCUT2D eigenvalue weighted by Crippen LogP contribution is -2.24. The molecule has 3 rings (SSSR count). The van der Waals surface area contributed by atoms with E-state index in [4.69, 9.17) is 27.9 Å². The molecule has 1 aliphatic rings. The summed E-state index contributed by atoms with van der Waals surface area (Å²) in [5.41, 5.74) is 1.83. The highest BCUT2D eigenvalue weighted by Crippen LogP contribution is 2.28. The predicted octanol–water partition coefficient (Wildman–Crippen LogP) is 3.61. The Bertz CT molecular complexity index is 947. The Morgan fingerprint density at radius 2 is 1.97 bits per heavy atom. The minimum Gasteiger partial charge on any atom is -0.452 e. The number of rotatable bonds is 6. The monoisotopic (exact) mass is 435 g/mol. The third-order valence-electron chi connectivity index (χ3n) is 4.53. The quantitative estimate of drug-likeness (QED) is 0.699. The molecule has 152 valence electrons. The lowest BCUT2D eigenvalue weighted by Gasteiger charge is -2.15. The van der Waals surface area contributed by atoms with Crippen LogP contribution in [0.4, 0.5) is 5.82 Å². The number of carbonyl (C=O) groups excluding carboxylic acids is 3. The summed E-state index contributed by atoms with van der Waals surface area (Å²) in [6.45, 7) is 2.49. The number of pyridine rings is 1. The van der Waals surface area contributed by atoms with Gasteiger partial charge in [0.1, 0.15) is 0 Å². The number of hydrogen-bond acceptors (Lipinski definition) is 5. The number of nitrogens with zero attached hydrogens (tertiary/aromatic N) is 2. The summed E-state index contributed by atoms with van der Waals surface area (Å²) in [7, 11) is 0. The van der Waals surface area contributed by atoms with Crippen molar-refractivity contribution in [2.75, 3.05) is 18.5 Å². The van der Waals surface area contributed by atoms with E-state index in [-0.39, 0.29) is 16.7 Å². The van der Waals surface area contributed by atoms with Gasteiger partial charge in [-0.25, -0.2) is 9.78 Å². The molecule has 1 aromatic carbocycles. The largest absolute Gasteiger partial charge is 0.452 e. The van der Waals surface area contributed by atoms with Gasteiger partial charge < -0.3 is 15.0 Å². The topological polar surface area (TPSA) is 88.6 Å². The summed E-state index contributed by atoms with van der Waals surface area (Å²) in [5.74, 6) is -0.908. The lowest BCUT2D eigenvalue weighted by molar-refractivity contribution is -0.128. The highest BCUT2D eigenvalue weighted by Gasteiger charge is 2.20. The highest BCUT2D eigenvalue weighted by molar-refractivity contribution is 6.37. The van der Waals surface area contributed by atoms with Crippen LogP contribution >= 0.6 is 23.2 Å². The van der Waals surface area contributed by atoms with Gasteiger partial charge in [-0.3, -0.25) is 9.59 Å². The molecule has 0 radical (unpaired) electrons. The average Bonchev–Trinajstić information content (AvgIpc) is 3.11. The molecule has 0 aliphatic carbocycles. The van der Waals surface area contributed by atoms with Crippen LogP contribution in [0.25, 0.3) is 0 Å². The van der Waals surface area contributed by atoms with Gasteiger partial charge in [0.05, 0.1) is 15.6 Å². The van der Waals surface area contributed by atoms with Crippen molar-refractivity contribution in [3.8, 4) is 0 Å². The van der Waals surface area contributed by atoms with E-state index < -0.39 is 18.5 Å². The van der Waals surface area contributed by atoms with Crippen molar-refractivity contribution in [2.24, 2.45) is 0 Å². The van der Waals surface area contributed by atoms with Gasteiger partial charge in [0, 0.05) is 25.7 Å². The van der Waals surface area contributed by atoms with Crippen molar-refractivity contribution in [1.29, 1.82) is 0 Å². The summed E-state index contributed by atoms with van der Waals surface area (Å²) in [6.07, 6.45) is 2.84. The Labute approximate surface area is 178 Å². The molecule has 1 aliphatic heterocycles. The maximum atomic E-state index is 12.1. The van der Waals surface area contributed by atoms with Crippen LogP contribution in [-0.2, 0) is 20.9 Å². The number of likely N-dealkylation sites (tertiary alicyclic amines) is 1. The smallest absolute Gasteiger partial charge is 0.338 e. The molecule has 2 heterocycles. The standard InChI is InChI=1S/C20H19Cl2N3O4/c1-12-15(21)9-23-19(18(12)22)24-16(26)11-29-20(28)14-6-4-13(5-7-14)10-25-8-2-3-17(25)27/h4-7,9H,2-3,8,10-11H2,1H3,(H,23,24,26). The fourth-order valence-electron chi connectivity index (χ4n) is 2.86. The Morgan fingerprint density at radius 3 is 2.62 bits per heavy atom. The van der Waals surface area contributed by atoms with Crippen molar-refractivity contribution >= 4 is 46.8 Å². The summed E-state index contributed by atoms with van der Waals surface area (Å²) in [5, 5.41) is 3.10. The molecular formula is C20H19Cl2N3O4. The molecule has 2 aromatic rings. The summed E-state index contributed by atoms with van der Waals surface area (Å²) in [4.78, 5) is 41.6. The second-order valence-corrected chi connectivity index (χ2v) is 7.42. The summed E-state index contributed by atoms with van der Waals surface area (Å²) < 4.78 is 5.03. The number of ether oxygens (including phenoxy) is 1. The Hall–Kier alpha value is -2.64. The normalized spacial score (nSPS) is 13.5. The molecule has 7 nitrogen and oxygen atoms in total. The number of esters is 1. The van der Waals surface area contributed by atoms with Crippen molar-refractivity contribution in [2.45, 2.75) is 26.3 Å². The van der Waals surface area contributed by atoms with E-state index in [1.807, 2.05) is 0 Å². The van der Waals surface area contributed by atoms with Crippen LogP contribution in [0.15, 0.2) is 30.5 Å². The van der Waals surface area contributed by atoms with Crippen molar-refractivity contribution < 1.29 is 19.1 Å². The minimum absolute atomic E-state index is 0.143.